The zero-order valence-electron chi connectivity index (χ0n) is 16.2. The molecule has 2 aromatic heterocycles. The van der Waals surface area contributed by atoms with E-state index in [0.29, 0.717) is 0 Å². The summed E-state index contributed by atoms with van der Waals surface area (Å²) in [7, 11) is 0. The molecule has 0 aliphatic heterocycles. The summed E-state index contributed by atoms with van der Waals surface area (Å²) in [6.07, 6.45) is 7.14. The molecule has 1 N–H and O–H groups in total. The summed E-state index contributed by atoms with van der Waals surface area (Å²) >= 11 is 0. The second-order valence-electron chi connectivity index (χ2n) is 7.39. The minimum absolute atomic E-state index is 0.790. The highest BCUT2D eigenvalue weighted by atomic mass is 14.9. The molecule has 4 nitrogen and oxygen atoms in total. The fourth-order valence-electron chi connectivity index (χ4n) is 3.97. The summed E-state index contributed by atoms with van der Waals surface area (Å²) in [6, 6.07) is 24.7. The van der Waals surface area contributed by atoms with E-state index < -0.39 is 0 Å². The molecule has 0 unspecified atom stereocenters. The molecule has 1 aliphatic carbocycles. The van der Waals surface area contributed by atoms with Crippen LogP contribution in [-0.2, 0) is 0 Å². The van der Waals surface area contributed by atoms with Crippen molar-refractivity contribution in [3.05, 3.63) is 96.8 Å². The van der Waals surface area contributed by atoms with Gasteiger partial charge in [-0.2, -0.15) is 0 Å². The van der Waals surface area contributed by atoms with Gasteiger partial charge in [0, 0.05) is 16.7 Å². The molecule has 30 heavy (non-hydrogen) atoms. The van der Waals surface area contributed by atoms with E-state index in [9.17, 15) is 0 Å². The third-order valence-electron chi connectivity index (χ3n) is 5.46. The Labute approximate surface area is 173 Å². The zero-order valence-corrected chi connectivity index (χ0v) is 16.2. The number of imidazole rings is 1. The number of nitrogens with one attached hydrogen (secondary N) is 1. The molecule has 0 saturated heterocycles. The van der Waals surface area contributed by atoms with Gasteiger partial charge in [-0.25, -0.2) is 15.0 Å². The number of hydrogen-bond acceptors (Lipinski definition) is 3. The van der Waals surface area contributed by atoms with E-state index in [-0.39, 0.29) is 0 Å². The Hall–Kier alpha value is -4.05. The quantitative estimate of drug-likeness (QED) is 0.403. The second kappa shape index (κ2) is 6.78. The van der Waals surface area contributed by atoms with E-state index in [1.165, 1.54) is 0 Å². The van der Waals surface area contributed by atoms with Crippen LogP contribution in [0.5, 0.6) is 0 Å². The highest BCUT2D eigenvalue weighted by Gasteiger charge is 2.17. The molecule has 6 rings (SSSR count). The van der Waals surface area contributed by atoms with Crippen molar-refractivity contribution in [2.75, 3.05) is 0 Å². The lowest BCUT2D eigenvalue weighted by Gasteiger charge is -2.12. The summed E-state index contributed by atoms with van der Waals surface area (Å²) in [5, 5.41) is 0. The first-order valence-electron chi connectivity index (χ1n) is 10.0. The fraction of sp³-hybridized carbons (Fsp3) is 0.0385. The van der Waals surface area contributed by atoms with Gasteiger partial charge in [0.15, 0.2) is 5.82 Å². The molecular weight excluding hydrogens is 368 g/mol. The Morgan fingerprint density at radius 2 is 1.47 bits per heavy atom. The Kier molecular flexibility index (Phi) is 3.81. The molecular formula is C26H18N4. The largest absolute Gasteiger partial charge is 0.351 e. The minimum atomic E-state index is 0.790. The molecule has 5 aromatic rings. The van der Waals surface area contributed by atoms with Crippen LogP contribution >= 0.6 is 0 Å². The maximum Gasteiger partial charge on any atom is 0.156 e. The first-order chi connectivity index (χ1) is 14.9. The lowest BCUT2D eigenvalue weighted by Crippen LogP contribution is -1.96. The number of fused-ring (bicyclic) bond motifs is 3. The maximum atomic E-state index is 5.12. The lowest BCUT2D eigenvalue weighted by atomic mass is 10.0. The number of nitrogens with zero attached hydrogens (tertiary/aromatic N) is 3. The van der Waals surface area contributed by atoms with Crippen molar-refractivity contribution in [3.63, 3.8) is 0 Å². The summed E-state index contributed by atoms with van der Waals surface area (Å²) in [5.74, 6) is 0.790. The molecule has 2 heterocycles. The fourth-order valence-corrected chi connectivity index (χ4v) is 3.97. The lowest BCUT2D eigenvalue weighted by molar-refractivity contribution is 1.22. The van der Waals surface area contributed by atoms with Gasteiger partial charge in [-0.15, -0.1) is 0 Å². The van der Waals surface area contributed by atoms with Gasteiger partial charge in [0.05, 0.1) is 22.4 Å². The number of H-pyrrole nitrogens is 1. The van der Waals surface area contributed by atoms with Crippen LogP contribution in [-0.4, -0.2) is 19.9 Å². The number of aromatic nitrogens is 4. The number of benzene rings is 3. The van der Waals surface area contributed by atoms with E-state index in [1.807, 2.05) is 48.5 Å². The molecule has 1 aliphatic rings. The average molecular weight is 386 g/mol. The van der Waals surface area contributed by atoms with Gasteiger partial charge in [0.2, 0.25) is 0 Å². The third kappa shape index (κ3) is 2.73. The van der Waals surface area contributed by atoms with Crippen LogP contribution in [0.25, 0.3) is 50.2 Å². The van der Waals surface area contributed by atoms with Gasteiger partial charge in [0.1, 0.15) is 11.0 Å². The molecule has 0 bridgehead atoms. The van der Waals surface area contributed by atoms with Crippen LogP contribution < -0.4 is 0 Å². The van der Waals surface area contributed by atoms with Gasteiger partial charge < -0.3 is 4.98 Å². The van der Waals surface area contributed by atoms with E-state index >= 15 is 0 Å². The SMILES string of the molecule is C1=CCC(c2nc3ccc4[nH]c(-c5ccccc5)c(-c5ccccc5)nc4c3n2)=C1. The molecule has 0 radical (unpaired) electrons. The molecule has 4 heteroatoms. The van der Waals surface area contributed by atoms with Crippen molar-refractivity contribution in [2.45, 2.75) is 6.42 Å². The normalized spacial score (nSPS) is 13.3. The maximum absolute atomic E-state index is 5.12. The standard InChI is InChI=1S/C26H18N4/c1-3-9-17(10-4-1)22-23(18-11-5-2-6-12-18)29-24-20(27-22)15-16-21-25(24)30-26(28-21)19-13-7-8-14-19/h1-13,15-16,27H,14H2. The molecule has 0 amide bonds. The molecule has 0 spiro atoms. The molecule has 0 saturated carbocycles. The predicted octanol–water partition coefficient (Wildman–Crippen LogP) is 6.18. The van der Waals surface area contributed by atoms with Crippen molar-refractivity contribution in [1.82, 2.24) is 19.9 Å². The highest BCUT2D eigenvalue weighted by Crippen LogP contribution is 2.33. The van der Waals surface area contributed by atoms with Crippen molar-refractivity contribution in [2.24, 2.45) is 0 Å². The number of hydrogen-bond donors (Lipinski definition) is 1. The molecule has 0 atom stereocenters. The first-order valence-corrected chi connectivity index (χ1v) is 10.0. The molecule has 142 valence electrons. The topological polar surface area (TPSA) is 54.5 Å². The predicted molar refractivity (Wildman–Crippen MR) is 122 cm³/mol. The summed E-state index contributed by atoms with van der Waals surface area (Å²) in [5.41, 5.74) is 8.72. The summed E-state index contributed by atoms with van der Waals surface area (Å²) < 4.78 is 0. The average Bonchev–Trinajstić information content (AvgIpc) is 3.49. The number of aromatic amines is 1. The Balaban J connectivity index is 1.64. The minimum Gasteiger partial charge on any atom is -0.351 e. The van der Waals surface area contributed by atoms with Gasteiger partial charge in [-0.3, -0.25) is 0 Å². The molecule has 3 aromatic carbocycles. The van der Waals surface area contributed by atoms with E-state index in [4.69, 9.17) is 15.0 Å². The van der Waals surface area contributed by atoms with E-state index in [0.717, 1.165) is 62.4 Å². The van der Waals surface area contributed by atoms with Gasteiger partial charge in [-0.1, -0.05) is 78.9 Å². The van der Waals surface area contributed by atoms with Crippen LogP contribution in [0.15, 0.2) is 91.0 Å². The van der Waals surface area contributed by atoms with Crippen molar-refractivity contribution < 1.29 is 0 Å². The van der Waals surface area contributed by atoms with Gasteiger partial charge in [-0.05, 0) is 18.6 Å². The van der Waals surface area contributed by atoms with Gasteiger partial charge >= 0.3 is 0 Å². The monoisotopic (exact) mass is 386 g/mol. The van der Waals surface area contributed by atoms with Crippen molar-refractivity contribution >= 4 is 27.6 Å². The number of rotatable bonds is 3. The van der Waals surface area contributed by atoms with Crippen LogP contribution in [0.3, 0.4) is 0 Å². The van der Waals surface area contributed by atoms with Gasteiger partial charge in [0.25, 0.3) is 0 Å². The van der Waals surface area contributed by atoms with Crippen molar-refractivity contribution in [1.29, 1.82) is 0 Å². The smallest absolute Gasteiger partial charge is 0.156 e. The number of allylic oxidation sites excluding steroid dienone is 4. The Morgan fingerprint density at radius 3 is 2.20 bits per heavy atom. The van der Waals surface area contributed by atoms with Crippen LogP contribution in [0.4, 0.5) is 0 Å². The zero-order chi connectivity index (χ0) is 19.9. The summed E-state index contributed by atoms with van der Waals surface area (Å²) in [6.45, 7) is 0. The first kappa shape index (κ1) is 16.9. The Bertz CT molecular complexity index is 1440. The highest BCUT2D eigenvalue weighted by molar-refractivity contribution is 6.02. The Morgan fingerprint density at radius 1 is 0.700 bits per heavy atom. The van der Waals surface area contributed by atoms with Crippen LogP contribution in [0.1, 0.15) is 12.2 Å². The van der Waals surface area contributed by atoms with E-state index in [1.54, 1.807) is 0 Å². The van der Waals surface area contributed by atoms with Crippen LogP contribution in [0, 0.1) is 0 Å². The summed E-state index contributed by atoms with van der Waals surface area (Å²) in [4.78, 5) is 18.4. The third-order valence-corrected chi connectivity index (χ3v) is 5.46. The van der Waals surface area contributed by atoms with Crippen molar-refractivity contribution in [3.8, 4) is 22.5 Å². The second-order valence-corrected chi connectivity index (χ2v) is 7.39. The van der Waals surface area contributed by atoms with E-state index in [2.05, 4.69) is 47.5 Å². The van der Waals surface area contributed by atoms with Crippen LogP contribution in [0.2, 0.25) is 0 Å². The molecule has 0 fully saturated rings.